The number of unbranched alkanes of at least 4 members (excludes halogenated alkanes) is 2. The number of pyridine rings is 1. The first-order valence-electron chi connectivity index (χ1n) is 8.10. The van der Waals surface area contributed by atoms with Crippen LogP contribution in [0.3, 0.4) is 0 Å². The van der Waals surface area contributed by atoms with Gasteiger partial charge >= 0.3 is 0 Å². The zero-order chi connectivity index (χ0) is 15.6. The molecule has 118 valence electrons. The van der Waals surface area contributed by atoms with Gasteiger partial charge in [0.2, 0.25) is 0 Å². The summed E-state index contributed by atoms with van der Waals surface area (Å²) in [6.07, 6.45) is 6.23. The van der Waals surface area contributed by atoms with Crippen LogP contribution in [0.4, 0.5) is 0 Å². The predicted octanol–water partition coefficient (Wildman–Crippen LogP) is 4.32. The zero-order valence-electron chi connectivity index (χ0n) is 13.2. The first-order chi connectivity index (χ1) is 10.8. The Kier molecular flexibility index (Phi) is 6.91. The van der Waals surface area contributed by atoms with Crippen LogP contribution in [0.15, 0.2) is 48.7 Å². The Morgan fingerprint density at radius 1 is 1.09 bits per heavy atom. The molecule has 3 heteroatoms. The SMILES string of the molecule is CCCCCOc1ccc(CCC(O)c2ccccn2)cc1. The molecule has 0 saturated carbocycles. The number of benzene rings is 1. The van der Waals surface area contributed by atoms with Crippen LogP contribution in [0.1, 0.15) is 50.0 Å². The van der Waals surface area contributed by atoms with E-state index in [4.69, 9.17) is 4.74 Å². The number of aliphatic hydroxyl groups excluding tert-OH is 1. The molecule has 2 rings (SSSR count). The molecule has 0 amide bonds. The maximum Gasteiger partial charge on any atom is 0.119 e. The fraction of sp³-hybridized carbons (Fsp3) is 0.421. The van der Waals surface area contributed by atoms with E-state index in [1.165, 1.54) is 18.4 Å². The van der Waals surface area contributed by atoms with Gasteiger partial charge in [0, 0.05) is 6.20 Å². The van der Waals surface area contributed by atoms with Crippen LogP contribution in [0.25, 0.3) is 0 Å². The predicted molar refractivity (Wildman–Crippen MR) is 89.0 cm³/mol. The van der Waals surface area contributed by atoms with E-state index < -0.39 is 6.10 Å². The lowest BCUT2D eigenvalue weighted by Crippen LogP contribution is -2.02. The molecule has 22 heavy (non-hydrogen) atoms. The lowest BCUT2D eigenvalue weighted by atomic mass is 10.0. The third-order valence-corrected chi connectivity index (χ3v) is 3.68. The molecule has 0 aliphatic heterocycles. The van der Waals surface area contributed by atoms with Gasteiger partial charge in [-0.15, -0.1) is 0 Å². The summed E-state index contributed by atoms with van der Waals surface area (Å²) < 4.78 is 5.70. The maximum atomic E-state index is 10.1. The molecule has 0 fully saturated rings. The number of nitrogens with zero attached hydrogens (tertiary/aromatic N) is 1. The van der Waals surface area contributed by atoms with Crippen LogP contribution in [-0.2, 0) is 6.42 Å². The van der Waals surface area contributed by atoms with Crippen molar-refractivity contribution in [2.24, 2.45) is 0 Å². The van der Waals surface area contributed by atoms with Gasteiger partial charge in [-0.2, -0.15) is 0 Å². The van der Waals surface area contributed by atoms with Gasteiger partial charge in [0.1, 0.15) is 5.75 Å². The average molecular weight is 299 g/mol. The van der Waals surface area contributed by atoms with Gasteiger partial charge in [0.25, 0.3) is 0 Å². The van der Waals surface area contributed by atoms with E-state index in [0.29, 0.717) is 6.42 Å². The van der Waals surface area contributed by atoms with Crippen molar-refractivity contribution in [2.75, 3.05) is 6.61 Å². The first-order valence-corrected chi connectivity index (χ1v) is 8.10. The van der Waals surface area contributed by atoms with Gasteiger partial charge in [-0.25, -0.2) is 0 Å². The Balaban J connectivity index is 1.76. The van der Waals surface area contributed by atoms with Crippen LogP contribution in [0, 0.1) is 0 Å². The molecule has 0 saturated heterocycles. The van der Waals surface area contributed by atoms with E-state index in [0.717, 1.165) is 30.9 Å². The highest BCUT2D eigenvalue weighted by atomic mass is 16.5. The molecule has 2 aromatic rings. The lowest BCUT2D eigenvalue weighted by Gasteiger charge is -2.10. The average Bonchev–Trinajstić information content (AvgIpc) is 2.58. The van der Waals surface area contributed by atoms with Crippen LogP contribution in [0.2, 0.25) is 0 Å². The highest BCUT2D eigenvalue weighted by molar-refractivity contribution is 5.27. The number of hydrogen-bond acceptors (Lipinski definition) is 3. The quantitative estimate of drug-likeness (QED) is 0.701. The third-order valence-electron chi connectivity index (χ3n) is 3.68. The fourth-order valence-electron chi connectivity index (χ4n) is 2.32. The van der Waals surface area contributed by atoms with E-state index in [1.807, 2.05) is 30.3 Å². The minimum absolute atomic E-state index is 0.508. The molecule has 0 spiro atoms. The first kappa shape index (κ1) is 16.5. The van der Waals surface area contributed by atoms with E-state index in [1.54, 1.807) is 6.20 Å². The fourth-order valence-corrected chi connectivity index (χ4v) is 2.32. The summed E-state index contributed by atoms with van der Waals surface area (Å²) in [6, 6.07) is 13.8. The summed E-state index contributed by atoms with van der Waals surface area (Å²) in [5.74, 6) is 0.921. The molecule has 0 radical (unpaired) electrons. The monoisotopic (exact) mass is 299 g/mol. The zero-order valence-corrected chi connectivity index (χ0v) is 13.2. The van der Waals surface area contributed by atoms with Gasteiger partial charge in [0.05, 0.1) is 18.4 Å². The molecule has 1 atom stereocenters. The number of ether oxygens (including phenoxy) is 1. The van der Waals surface area contributed by atoms with Crippen molar-refractivity contribution in [3.8, 4) is 5.75 Å². The smallest absolute Gasteiger partial charge is 0.119 e. The summed E-state index contributed by atoms with van der Waals surface area (Å²) in [4.78, 5) is 4.18. The number of aromatic nitrogens is 1. The number of hydrogen-bond donors (Lipinski definition) is 1. The second-order valence-corrected chi connectivity index (χ2v) is 5.51. The highest BCUT2D eigenvalue weighted by Gasteiger charge is 2.08. The topological polar surface area (TPSA) is 42.4 Å². The summed E-state index contributed by atoms with van der Waals surface area (Å²) in [6.45, 7) is 2.97. The number of aliphatic hydroxyl groups is 1. The summed E-state index contributed by atoms with van der Waals surface area (Å²) in [7, 11) is 0. The van der Waals surface area contributed by atoms with Gasteiger partial charge in [-0.05, 0) is 49.1 Å². The highest BCUT2D eigenvalue weighted by Crippen LogP contribution is 2.19. The minimum Gasteiger partial charge on any atom is -0.494 e. The molecule has 1 aromatic carbocycles. The standard InChI is InChI=1S/C19H25NO2/c1-2-3-6-15-22-17-11-8-16(9-12-17)10-13-19(21)18-7-4-5-14-20-18/h4-5,7-9,11-12,14,19,21H,2-3,6,10,13,15H2,1H3. The summed E-state index contributed by atoms with van der Waals surface area (Å²) in [5.41, 5.74) is 1.94. The van der Waals surface area contributed by atoms with Crippen molar-refractivity contribution in [3.63, 3.8) is 0 Å². The van der Waals surface area contributed by atoms with Crippen LogP contribution < -0.4 is 4.74 Å². The Labute approximate surface area is 133 Å². The molecule has 1 unspecified atom stereocenters. The molecule has 1 heterocycles. The Morgan fingerprint density at radius 2 is 1.91 bits per heavy atom. The number of aryl methyl sites for hydroxylation is 1. The molecule has 1 N–H and O–H groups in total. The van der Waals surface area contributed by atoms with Gasteiger partial charge < -0.3 is 9.84 Å². The van der Waals surface area contributed by atoms with Crippen molar-refractivity contribution in [3.05, 3.63) is 59.9 Å². The largest absolute Gasteiger partial charge is 0.494 e. The van der Waals surface area contributed by atoms with Crippen molar-refractivity contribution in [2.45, 2.75) is 45.1 Å². The van der Waals surface area contributed by atoms with Crippen molar-refractivity contribution in [1.29, 1.82) is 0 Å². The van der Waals surface area contributed by atoms with Crippen molar-refractivity contribution in [1.82, 2.24) is 4.98 Å². The lowest BCUT2D eigenvalue weighted by molar-refractivity contribution is 0.163. The maximum absolute atomic E-state index is 10.1. The van der Waals surface area contributed by atoms with E-state index in [2.05, 4.69) is 24.0 Å². The van der Waals surface area contributed by atoms with Gasteiger partial charge in [-0.3, -0.25) is 4.98 Å². The normalized spacial score (nSPS) is 12.1. The molecule has 0 aliphatic rings. The second-order valence-electron chi connectivity index (χ2n) is 5.51. The van der Waals surface area contributed by atoms with E-state index in [9.17, 15) is 5.11 Å². The van der Waals surface area contributed by atoms with Crippen LogP contribution in [0.5, 0.6) is 5.75 Å². The molecule has 0 aliphatic carbocycles. The Hall–Kier alpha value is -1.87. The third kappa shape index (κ3) is 5.49. The molecule has 1 aromatic heterocycles. The molecule has 0 bridgehead atoms. The Morgan fingerprint density at radius 3 is 2.59 bits per heavy atom. The van der Waals surface area contributed by atoms with Gasteiger partial charge in [0.15, 0.2) is 0 Å². The molecule has 3 nitrogen and oxygen atoms in total. The van der Waals surface area contributed by atoms with Gasteiger partial charge in [-0.1, -0.05) is 38.0 Å². The van der Waals surface area contributed by atoms with Crippen molar-refractivity contribution < 1.29 is 9.84 Å². The Bertz CT molecular complexity index is 525. The summed E-state index contributed by atoms with van der Waals surface area (Å²) in [5, 5.41) is 10.1. The van der Waals surface area contributed by atoms with Crippen molar-refractivity contribution >= 4 is 0 Å². The minimum atomic E-state index is -0.508. The molecular formula is C19H25NO2. The van der Waals surface area contributed by atoms with E-state index >= 15 is 0 Å². The summed E-state index contributed by atoms with van der Waals surface area (Å²) >= 11 is 0. The second kappa shape index (κ2) is 9.21. The van der Waals surface area contributed by atoms with E-state index in [-0.39, 0.29) is 0 Å². The molecular weight excluding hydrogens is 274 g/mol. The van der Waals surface area contributed by atoms with Crippen LogP contribution in [-0.4, -0.2) is 16.7 Å². The van der Waals surface area contributed by atoms with Crippen LogP contribution >= 0.6 is 0 Å². The number of rotatable bonds is 9.